The molecule has 1 amide bonds. The Labute approximate surface area is 168 Å². The van der Waals surface area contributed by atoms with Crippen molar-refractivity contribution in [2.45, 2.75) is 26.6 Å². The van der Waals surface area contributed by atoms with Crippen LogP contribution in [0.1, 0.15) is 17.0 Å². The van der Waals surface area contributed by atoms with Crippen molar-refractivity contribution in [1.82, 2.24) is 10.1 Å². The maximum Gasteiger partial charge on any atom is 0.490 e. The van der Waals surface area contributed by atoms with E-state index in [0.717, 1.165) is 43.3 Å². The summed E-state index contributed by atoms with van der Waals surface area (Å²) in [6.45, 7) is 7.43. The molecule has 4 rings (SSSR count). The van der Waals surface area contributed by atoms with Crippen LogP contribution in [0.2, 0.25) is 0 Å². The maximum absolute atomic E-state index is 12.6. The Hall–Kier alpha value is -2.40. The second-order valence-corrected chi connectivity index (χ2v) is 7.88. The molecular weight excluding hydrogens is 411 g/mol. The van der Waals surface area contributed by atoms with Gasteiger partial charge in [-0.1, -0.05) is 5.16 Å². The van der Waals surface area contributed by atoms with Gasteiger partial charge in [0.15, 0.2) is 0 Å². The summed E-state index contributed by atoms with van der Waals surface area (Å²) >= 11 is 1.64. The molecule has 2 aliphatic rings. The molecule has 0 aromatic carbocycles. The van der Waals surface area contributed by atoms with Gasteiger partial charge in [-0.05, 0) is 25.3 Å². The summed E-state index contributed by atoms with van der Waals surface area (Å²) in [6, 6.07) is 2.03. The molecule has 0 saturated carbocycles. The molecule has 0 unspecified atom stereocenters. The normalized spacial score (nSPS) is 21.8. The molecule has 158 valence electrons. The highest BCUT2D eigenvalue weighted by atomic mass is 32.1. The third kappa shape index (κ3) is 4.61. The van der Waals surface area contributed by atoms with Gasteiger partial charge in [-0.2, -0.15) is 24.5 Å². The number of fused-ring (bicyclic) bond motifs is 1. The van der Waals surface area contributed by atoms with Gasteiger partial charge in [0, 0.05) is 43.0 Å². The average molecular weight is 431 g/mol. The molecular formula is C18H20F3N3O4S. The minimum absolute atomic E-state index is 0.139. The first-order valence-electron chi connectivity index (χ1n) is 8.85. The number of nitrogens with zero attached hydrogens (tertiary/aromatic N) is 3. The number of carbonyl (C=O) groups excluding carboxylic acids is 1. The summed E-state index contributed by atoms with van der Waals surface area (Å²) in [6.07, 6.45) is -5.08. The topological polar surface area (TPSA) is 86.9 Å². The first kappa shape index (κ1) is 21.3. The van der Waals surface area contributed by atoms with E-state index in [2.05, 4.69) is 15.4 Å². The Morgan fingerprint density at radius 3 is 2.52 bits per heavy atom. The van der Waals surface area contributed by atoms with Gasteiger partial charge in [-0.25, -0.2) is 4.79 Å². The summed E-state index contributed by atoms with van der Waals surface area (Å²) < 4.78 is 37.0. The molecule has 0 radical (unpaired) electrons. The van der Waals surface area contributed by atoms with Crippen molar-refractivity contribution in [1.29, 1.82) is 0 Å². The number of hydrogen-bond donors (Lipinski definition) is 1. The molecule has 2 aliphatic heterocycles. The fraction of sp³-hybridized carbons (Fsp3) is 0.500. The van der Waals surface area contributed by atoms with Crippen molar-refractivity contribution in [2.24, 2.45) is 11.8 Å². The van der Waals surface area contributed by atoms with E-state index in [1.807, 2.05) is 30.2 Å². The Kier molecular flexibility index (Phi) is 5.99. The van der Waals surface area contributed by atoms with E-state index in [-0.39, 0.29) is 11.8 Å². The van der Waals surface area contributed by atoms with Crippen molar-refractivity contribution in [3.8, 4) is 0 Å². The highest BCUT2D eigenvalue weighted by Crippen LogP contribution is 2.36. The number of carbonyl (C=O) groups is 2. The molecule has 1 N–H and O–H groups in total. The number of halogens is 3. The van der Waals surface area contributed by atoms with Gasteiger partial charge in [0.05, 0.1) is 17.3 Å². The predicted molar refractivity (Wildman–Crippen MR) is 98.6 cm³/mol. The summed E-state index contributed by atoms with van der Waals surface area (Å²) in [5.74, 6) is -1.01. The molecule has 0 spiro atoms. The monoisotopic (exact) mass is 431 g/mol. The lowest BCUT2D eigenvalue weighted by atomic mass is 10.0. The van der Waals surface area contributed by atoms with Gasteiger partial charge < -0.3 is 14.5 Å². The number of aliphatic carboxylic acids is 1. The molecule has 29 heavy (non-hydrogen) atoms. The molecule has 2 aromatic rings. The quantitative estimate of drug-likeness (QED) is 0.804. The number of anilines is 1. The Morgan fingerprint density at radius 2 is 2.03 bits per heavy atom. The van der Waals surface area contributed by atoms with Crippen LogP contribution in [-0.2, 0) is 16.1 Å². The molecule has 2 saturated heterocycles. The van der Waals surface area contributed by atoms with Gasteiger partial charge in [-0.15, -0.1) is 0 Å². The molecule has 11 heteroatoms. The standard InChI is InChI=1S/C16H19N3O2S.C2HF3O2/c1-10-14(11(2)21-17-10)7-18-5-12-6-19(13-3-4-22-9-13)16(20)15(12)8-18;3-2(4,5)1(6)7/h3-4,9,12,15H,5-8H2,1-2H3;(H,6,7)/t12-,15-;/m0./s1. The lowest BCUT2D eigenvalue weighted by Crippen LogP contribution is -2.32. The largest absolute Gasteiger partial charge is 0.490 e. The zero-order valence-corrected chi connectivity index (χ0v) is 16.6. The molecule has 2 aromatic heterocycles. The van der Waals surface area contributed by atoms with E-state index in [0.29, 0.717) is 5.92 Å². The van der Waals surface area contributed by atoms with Crippen LogP contribution in [-0.4, -0.2) is 52.9 Å². The zero-order chi connectivity index (χ0) is 21.3. The second kappa shape index (κ2) is 8.15. The minimum Gasteiger partial charge on any atom is -0.475 e. The van der Waals surface area contributed by atoms with Gasteiger partial charge in [0.2, 0.25) is 5.91 Å². The highest BCUT2D eigenvalue weighted by molar-refractivity contribution is 7.08. The van der Waals surface area contributed by atoms with Crippen LogP contribution >= 0.6 is 11.3 Å². The van der Waals surface area contributed by atoms with Crippen LogP contribution in [0.25, 0.3) is 0 Å². The lowest BCUT2D eigenvalue weighted by Gasteiger charge is -2.20. The number of rotatable bonds is 3. The van der Waals surface area contributed by atoms with E-state index in [1.165, 1.54) is 5.56 Å². The summed E-state index contributed by atoms with van der Waals surface area (Å²) in [4.78, 5) is 25.9. The zero-order valence-electron chi connectivity index (χ0n) is 15.8. The van der Waals surface area contributed by atoms with E-state index in [9.17, 15) is 18.0 Å². The van der Waals surface area contributed by atoms with E-state index in [4.69, 9.17) is 14.4 Å². The SMILES string of the molecule is Cc1noc(C)c1CN1C[C@H]2CN(c3ccsc3)C(=O)[C@H]2C1.O=C(O)C(F)(F)F. The number of aryl methyl sites for hydroxylation is 2. The lowest BCUT2D eigenvalue weighted by molar-refractivity contribution is -0.192. The number of amides is 1. The van der Waals surface area contributed by atoms with Crippen molar-refractivity contribution < 1.29 is 32.4 Å². The number of carboxylic acids is 1. The van der Waals surface area contributed by atoms with Crippen LogP contribution in [0.3, 0.4) is 0 Å². The summed E-state index contributed by atoms with van der Waals surface area (Å²) in [7, 11) is 0. The average Bonchev–Trinajstić information content (AvgIpc) is 3.39. The Bertz CT molecular complexity index is 862. The van der Waals surface area contributed by atoms with Crippen LogP contribution in [0.15, 0.2) is 21.3 Å². The van der Waals surface area contributed by atoms with Gasteiger partial charge in [-0.3, -0.25) is 9.69 Å². The van der Waals surface area contributed by atoms with Crippen LogP contribution in [0.4, 0.5) is 18.9 Å². The van der Waals surface area contributed by atoms with Crippen molar-refractivity contribution in [2.75, 3.05) is 24.5 Å². The number of alkyl halides is 3. The molecule has 2 atom stereocenters. The molecule has 0 bridgehead atoms. The fourth-order valence-electron chi connectivity index (χ4n) is 3.67. The smallest absolute Gasteiger partial charge is 0.475 e. The van der Waals surface area contributed by atoms with Crippen LogP contribution < -0.4 is 4.90 Å². The number of aromatic nitrogens is 1. The Balaban J connectivity index is 0.000000298. The fourth-order valence-corrected chi connectivity index (χ4v) is 4.32. The van der Waals surface area contributed by atoms with E-state index < -0.39 is 12.1 Å². The highest BCUT2D eigenvalue weighted by Gasteiger charge is 2.46. The minimum atomic E-state index is -5.08. The number of thiophene rings is 1. The van der Waals surface area contributed by atoms with Gasteiger partial charge in [0.25, 0.3) is 0 Å². The maximum atomic E-state index is 12.6. The number of carboxylic acid groups (broad SMARTS) is 1. The molecule has 4 heterocycles. The second-order valence-electron chi connectivity index (χ2n) is 7.10. The van der Waals surface area contributed by atoms with E-state index >= 15 is 0 Å². The van der Waals surface area contributed by atoms with Crippen molar-refractivity contribution in [3.05, 3.63) is 33.8 Å². The first-order valence-corrected chi connectivity index (χ1v) is 9.80. The van der Waals surface area contributed by atoms with Crippen molar-refractivity contribution in [3.63, 3.8) is 0 Å². The third-order valence-corrected chi connectivity index (χ3v) is 5.81. The molecule has 2 fully saturated rings. The number of likely N-dealkylation sites (tertiary alicyclic amines) is 1. The molecule has 7 nitrogen and oxygen atoms in total. The van der Waals surface area contributed by atoms with E-state index in [1.54, 1.807) is 11.3 Å². The third-order valence-electron chi connectivity index (χ3n) is 5.14. The Morgan fingerprint density at radius 1 is 1.34 bits per heavy atom. The van der Waals surface area contributed by atoms with Crippen molar-refractivity contribution >= 4 is 28.9 Å². The molecule has 0 aliphatic carbocycles. The first-order chi connectivity index (χ1) is 13.6. The van der Waals surface area contributed by atoms with Crippen LogP contribution in [0, 0.1) is 25.7 Å². The summed E-state index contributed by atoms with van der Waals surface area (Å²) in [5.41, 5.74) is 3.18. The van der Waals surface area contributed by atoms with Gasteiger partial charge in [0.1, 0.15) is 5.76 Å². The predicted octanol–water partition coefficient (Wildman–Crippen LogP) is 3.08. The summed E-state index contributed by atoms with van der Waals surface area (Å²) in [5, 5.41) is 15.2. The van der Waals surface area contributed by atoms with Crippen LogP contribution in [0.5, 0.6) is 0 Å². The van der Waals surface area contributed by atoms with Gasteiger partial charge >= 0.3 is 12.1 Å². The number of hydrogen-bond acceptors (Lipinski definition) is 6.